The minimum absolute atomic E-state index is 0.258. The van der Waals surface area contributed by atoms with E-state index in [2.05, 4.69) is 15.2 Å². The lowest BCUT2D eigenvalue weighted by Gasteiger charge is -2.26. The Morgan fingerprint density at radius 3 is 2.84 bits per heavy atom. The van der Waals surface area contributed by atoms with E-state index < -0.39 is 0 Å². The van der Waals surface area contributed by atoms with Crippen molar-refractivity contribution >= 4 is 5.96 Å². The van der Waals surface area contributed by atoms with Crippen molar-refractivity contribution in [3.8, 4) is 0 Å². The van der Waals surface area contributed by atoms with E-state index in [1.807, 2.05) is 13.8 Å². The Bertz CT molecular complexity index is 253. The quantitative estimate of drug-likeness (QED) is 0.371. The summed E-state index contributed by atoms with van der Waals surface area (Å²) in [6, 6.07) is 0. The van der Waals surface area contributed by atoms with Crippen molar-refractivity contribution in [1.82, 2.24) is 10.2 Å². The molecular weight excluding hydrogens is 244 g/mol. The number of nitrogens with one attached hydrogen (secondary N) is 1. The lowest BCUT2D eigenvalue weighted by molar-refractivity contribution is 0.0377. The fourth-order valence-electron chi connectivity index (χ4n) is 1.85. The minimum Gasteiger partial charge on any atom is -0.379 e. The number of guanidine groups is 1. The van der Waals surface area contributed by atoms with Gasteiger partial charge in [0.05, 0.1) is 25.9 Å². The highest BCUT2D eigenvalue weighted by atomic mass is 16.5. The minimum atomic E-state index is 0.258. The number of nitrogens with two attached hydrogens (primary N) is 1. The van der Waals surface area contributed by atoms with E-state index in [1.54, 1.807) is 0 Å². The van der Waals surface area contributed by atoms with Crippen LogP contribution in [0.3, 0.4) is 0 Å². The molecule has 1 aliphatic rings. The zero-order valence-corrected chi connectivity index (χ0v) is 12.2. The van der Waals surface area contributed by atoms with Gasteiger partial charge in [-0.15, -0.1) is 0 Å². The summed E-state index contributed by atoms with van der Waals surface area (Å²) in [6.07, 6.45) is 1.29. The topological polar surface area (TPSA) is 72.1 Å². The van der Waals surface area contributed by atoms with E-state index in [0.717, 1.165) is 45.8 Å². The second-order valence-electron chi connectivity index (χ2n) is 4.92. The number of hydrogen-bond acceptors (Lipinski definition) is 4. The first-order chi connectivity index (χ1) is 9.18. The van der Waals surface area contributed by atoms with Gasteiger partial charge >= 0.3 is 0 Å². The summed E-state index contributed by atoms with van der Waals surface area (Å²) < 4.78 is 10.7. The number of aliphatic imine (C=N–C) groups is 1. The Morgan fingerprint density at radius 1 is 1.42 bits per heavy atom. The second-order valence-corrected chi connectivity index (χ2v) is 4.92. The number of hydrogen-bond donors (Lipinski definition) is 2. The summed E-state index contributed by atoms with van der Waals surface area (Å²) in [7, 11) is 0. The molecule has 3 N–H and O–H groups in total. The molecule has 0 aromatic rings. The molecule has 1 rings (SSSR count). The third-order valence-corrected chi connectivity index (χ3v) is 2.88. The Kier molecular flexibility index (Phi) is 8.53. The van der Waals surface area contributed by atoms with Crippen LogP contribution in [-0.2, 0) is 9.47 Å². The van der Waals surface area contributed by atoms with Gasteiger partial charge in [-0.1, -0.05) is 0 Å². The second kappa shape index (κ2) is 10.00. The number of ether oxygens (including phenoxy) is 2. The highest BCUT2D eigenvalue weighted by Gasteiger charge is 2.08. The van der Waals surface area contributed by atoms with Gasteiger partial charge in [0, 0.05) is 32.7 Å². The molecule has 6 nitrogen and oxygen atoms in total. The van der Waals surface area contributed by atoms with E-state index in [0.29, 0.717) is 19.1 Å². The molecule has 6 heteroatoms. The van der Waals surface area contributed by atoms with Crippen molar-refractivity contribution in [1.29, 1.82) is 0 Å². The first-order valence-electron chi connectivity index (χ1n) is 7.14. The molecule has 19 heavy (non-hydrogen) atoms. The third-order valence-electron chi connectivity index (χ3n) is 2.88. The van der Waals surface area contributed by atoms with Crippen LogP contribution in [0.5, 0.6) is 0 Å². The largest absolute Gasteiger partial charge is 0.379 e. The van der Waals surface area contributed by atoms with E-state index in [-0.39, 0.29) is 6.10 Å². The Balaban J connectivity index is 1.97. The molecule has 0 bridgehead atoms. The average Bonchev–Trinajstić information content (AvgIpc) is 2.41. The lowest BCUT2D eigenvalue weighted by Crippen LogP contribution is -2.37. The van der Waals surface area contributed by atoms with Crippen molar-refractivity contribution in [2.45, 2.75) is 26.4 Å². The normalized spacial score (nSPS) is 17.9. The highest BCUT2D eigenvalue weighted by Crippen LogP contribution is 1.97. The fourth-order valence-corrected chi connectivity index (χ4v) is 1.85. The summed E-state index contributed by atoms with van der Waals surface area (Å²) in [5, 5.41) is 3.05. The molecule has 0 saturated carbocycles. The molecule has 0 spiro atoms. The first kappa shape index (κ1) is 16.2. The zero-order chi connectivity index (χ0) is 13.9. The van der Waals surface area contributed by atoms with E-state index in [4.69, 9.17) is 15.2 Å². The van der Waals surface area contributed by atoms with Crippen LogP contribution >= 0.6 is 0 Å². The maximum absolute atomic E-state index is 5.76. The standard InChI is InChI=1S/C13H28N4O2/c1-12(2)19-9-5-16-13(14)15-4-3-6-17-7-10-18-11-8-17/h12H,3-11H2,1-2H3,(H3,14,15,16). The van der Waals surface area contributed by atoms with Crippen molar-refractivity contribution in [3.63, 3.8) is 0 Å². The van der Waals surface area contributed by atoms with Gasteiger partial charge in [-0.25, -0.2) is 0 Å². The molecule has 0 aliphatic carbocycles. The van der Waals surface area contributed by atoms with Crippen LogP contribution in [0.25, 0.3) is 0 Å². The maximum Gasteiger partial charge on any atom is 0.188 e. The van der Waals surface area contributed by atoms with Crippen molar-refractivity contribution in [3.05, 3.63) is 0 Å². The van der Waals surface area contributed by atoms with Gasteiger partial charge in [-0.05, 0) is 20.3 Å². The molecule has 0 aromatic heterocycles. The summed E-state index contributed by atoms with van der Waals surface area (Å²) in [5.74, 6) is 0.509. The molecular formula is C13H28N4O2. The molecule has 0 aromatic carbocycles. The van der Waals surface area contributed by atoms with Crippen molar-refractivity contribution in [2.75, 3.05) is 52.5 Å². The van der Waals surface area contributed by atoms with Crippen LogP contribution in [0.1, 0.15) is 20.3 Å². The Labute approximate surface area is 116 Å². The first-order valence-corrected chi connectivity index (χ1v) is 7.14. The number of rotatable bonds is 8. The molecule has 0 amide bonds. The summed E-state index contributed by atoms with van der Waals surface area (Å²) in [4.78, 5) is 6.70. The third kappa shape index (κ3) is 8.80. The van der Waals surface area contributed by atoms with E-state index >= 15 is 0 Å². The summed E-state index contributed by atoms with van der Waals surface area (Å²) in [5.41, 5.74) is 5.76. The summed E-state index contributed by atoms with van der Waals surface area (Å²) >= 11 is 0. The molecule has 1 fully saturated rings. The average molecular weight is 272 g/mol. The predicted molar refractivity (Wildman–Crippen MR) is 77.5 cm³/mol. The van der Waals surface area contributed by atoms with Gasteiger partial charge in [0.2, 0.25) is 0 Å². The molecule has 1 saturated heterocycles. The molecule has 1 heterocycles. The molecule has 0 radical (unpaired) electrons. The van der Waals surface area contributed by atoms with Crippen LogP contribution in [-0.4, -0.2) is 69.5 Å². The predicted octanol–water partition coefficient (Wildman–Crippen LogP) is 0.0380. The van der Waals surface area contributed by atoms with Crippen LogP contribution < -0.4 is 11.1 Å². The van der Waals surface area contributed by atoms with Crippen LogP contribution in [0.2, 0.25) is 0 Å². The monoisotopic (exact) mass is 272 g/mol. The molecule has 0 atom stereocenters. The van der Waals surface area contributed by atoms with Crippen molar-refractivity contribution in [2.24, 2.45) is 10.7 Å². The maximum atomic E-state index is 5.76. The molecule has 1 aliphatic heterocycles. The summed E-state index contributed by atoms with van der Waals surface area (Å²) in [6.45, 7) is 11.0. The number of nitrogens with zero attached hydrogens (tertiary/aromatic N) is 2. The van der Waals surface area contributed by atoms with Gasteiger partial charge in [0.25, 0.3) is 0 Å². The highest BCUT2D eigenvalue weighted by molar-refractivity contribution is 5.77. The van der Waals surface area contributed by atoms with Gasteiger partial charge in [-0.2, -0.15) is 0 Å². The number of morpholine rings is 1. The lowest BCUT2D eigenvalue weighted by atomic mass is 10.3. The molecule has 0 unspecified atom stereocenters. The van der Waals surface area contributed by atoms with Gasteiger partial charge in [-0.3, -0.25) is 9.89 Å². The Morgan fingerprint density at radius 2 is 2.16 bits per heavy atom. The van der Waals surface area contributed by atoms with Crippen LogP contribution in [0, 0.1) is 0 Å². The van der Waals surface area contributed by atoms with E-state index in [1.165, 1.54) is 0 Å². The van der Waals surface area contributed by atoms with Crippen LogP contribution in [0.15, 0.2) is 4.99 Å². The van der Waals surface area contributed by atoms with Gasteiger partial charge in [0.1, 0.15) is 0 Å². The Hall–Kier alpha value is -0.850. The SMILES string of the molecule is CC(C)OCCNC(N)=NCCCN1CCOCC1. The fraction of sp³-hybridized carbons (Fsp3) is 0.923. The van der Waals surface area contributed by atoms with Gasteiger partial charge < -0.3 is 20.5 Å². The van der Waals surface area contributed by atoms with E-state index in [9.17, 15) is 0 Å². The van der Waals surface area contributed by atoms with Crippen LogP contribution in [0.4, 0.5) is 0 Å². The smallest absolute Gasteiger partial charge is 0.188 e. The zero-order valence-electron chi connectivity index (χ0n) is 12.2. The van der Waals surface area contributed by atoms with Gasteiger partial charge in [0.15, 0.2) is 5.96 Å². The van der Waals surface area contributed by atoms with Crippen molar-refractivity contribution < 1.29 is 9.47 Å². The molecule has 112 valence electrons.